The van der Waals surface area contributed by atoms with E-state index < -0.39 is 10.3 Å². The molecule has 0 fully saturated rings. The van der Waals surface area contributed by atoms with Crippen LogP contribution in [0.4, 0.5) is 0 Å². The quantitative estimate of drug-likeness (QED) is 0.112. The van der Waals surface area contributed by atoms with E-state index in [1.807, 2.05) is 0 Å². The minimum Gasteiger partial charge on any atom is -0.487 e. The lowest BCUT2D eigenvalue weighted by Crippen LogP contribution is -2.03. The Bertz CT molecular complexity index is 284. The number of hydrogen-bond acceptors (Lipinski definition) is 2. The van der Waals surface area contributed by atoms with Crippen molar-refractivity contribution < 1.29 is 10.2 Å². The molecule has 0 unspecified atom stereocenters. The zero-order valence-corrected chi connectivity index (χ0v) is 23.6. The largest absolute Gasteiger partial charge is 0.487 e. The van der Waals surface area contributed by atoms with Crippen molar-refractivity contribution in [3.63, 3.8) is 0 Å². The highest BCUT2D eigenvalue weighted by molar-refractivity contribution is 7.80. The summed E-state index contributed by atoms with van der Waals surface area (Å²) in [4.78, 5) is 0. The van der Waals surface area contributed by atoms with Crippen molar-refractivity contribution in [2.24, 2.45) is 11.5 Å². The molecular weight excluding hydrogens is 436 g/mol. The van der Waals surface area contributed by atoms with E-state index in [-0.39, 0.29) is 0 Å². The van der Waals surface area contributed by atoms with Gasteiger partial charge >= 0.3 is 0 Å². The minimum atomic E-state index is -0.500. The predicted octanol–water partition coefficient (Wildman–Crippen LogP) is 9.43. The molecule has 0 aliphatic rings. The Morgan fingerprint density at radius 1 is 0.406 bits per heavy atom. The molecule has 6 N–H and O–H groups in total. The van der Waals surface area contributed by atoms with Gasteiger partial charge in [-0.05, 0) is 24.4 Å². The van der Waals surface area contributed by atoms with Crippen LogP contribution in [0.15, 0.2) is 0 Å². The standard InChI is InChI=1S/2C12H26.2CH3NOS/c2*1-3-5-7-9-11-12-10-8-6-4-2;2*2-1(3)4/h2*3-12H2,1-2H3;2*(H3,2,3,4). The topological polar surface area (TPSA) is 92.5 Å². The first-order valence-corrected chi connectivity index (χ1v) is 14.1. The first-order valence-electron chi connectivity index (χ1n) is 13.3. The second kappa shape index (κ2) is 40.7. The van der Waals surface area contributed by atoms with Crippen molar-refractivity contribution in [3.8, 4) is 0 Å². The smallest absolute Gasteiger partial charge is 0.251 e. The van der Waals surface area contributed by atoms with E-state index in [0.29, 0.717) is 0 Å². The molecule has 32 heavy (non-hydrogen) atoms. The molecule has 0 aliphatic heterocycles. The fourth-order valence-electron chi connectivity index (χ4n) is 3.12. The summed E-state index contributed by atoms with van der Waals surface area (Å²) in [6.07, 6.45) is 28.9. The number of aliphatic hydroxyl groups is 2. The van der Waals surface area contributed by atoms with E-state index >= 15 is 0 Å². The van der Waals surface area contributed by atoms with Crippen LogP contribution in [0.25, 0.3) is 0 Å². The van der Waals surface area contributed by atoms with Gasteiger partial charge in [0, 0.05) is 0 Å². The van der Waals surface area contributed by atoms with Gasteiger partial charge in [-0.25, -0.2) is 0 Å². The normalized spacial score (nSPS) is 9.38. The molecule has 0 heterocycles. The molecule has 4 nitrogen and oxygen atoms in total. The summed E-state index contributed by atoms with van der Waals surface area (Å²) in [6, 6.07) is 0. The molecule has 0 spiro atoms. The highest BCUT2D eigenvalue weighted by atomic mass is 32.1. The summed E-state index contributed by atoms with van der Waals surface area (Å²) in [5.41, 5.74) is 8.80. The average Bonchev–Trinajstić information content (AvgIpc) is 2.72. The van der Waals surface area contributed by atoms with E-state index in [1.165, 1.54) is 128 Å². The van der Waals surface area contributed by atoms with Gasteiger partial charge in [0.05, 0.1) is 0 Å². The van der Waals surface area contributed by atoms with E-state index in [2.05, 4.69) is 63.6 Å². The van der Waals surface area contributed by atoms with Gasteiger partial charge in [-0.2, -0.15) is 0 Å². The van der Waals surface area contributed by atoms with Crippen molar-refractivity contribution in [1.82, 2.24) is 0 Å². The van der Waals surface area contributed by atoms with Crippen LogP contribution >= 0.6 is 24.4 Å². The molecule has 0 radical (unpaired) electrons. The molecule has 0 aliphatic carbocycles. The van der Waals surface area contributed by atoms with Crippen molar-refractivity contribution in [3.05, 3.63) is 0 Å². The summed E-state index contributed by atoms with van der Waals surface area (Å²) < 4.78 is 0. The average molecular weight is 495 g/mol. The van der Waals surface area contributed by atoms with Crippen LogP contribution in [-0.4, -0.2) is 20.6 Å². The predicted molar refractivity (Wildman–Crippen MR) is 154 cm³/mol. The fraction of sp³-hybridized carbons (Fsp3) is 0.923. The molecule has 0 amide bonds. The molecule has 6 heteroatoms. The van der Waals surface area contributed by atoms with Crippen LogP contribution in [0, 0.1) is 0 Å². The Labute approximate surface area is 212 Å². The van der Waals surface area contributed by atoms with Gasteiger partial charge in [-0.15, -0.1) is 0 Å². The Hall–Kier alpha value is -0.620. The van der Waals surface area contributed by atoms with Crippen LogP contribution in [-0.2, 0) is 0 Å². The number of nitrogens with two attached hydrogens (primary N) is 2. The van der Waals surface area contributed by atoms with Crippen molar-refractivity contribution in [2.75, 3.05) is 0 Å². The summed E-state index contributed by atoms with van der Waals surface area (Å²) in [7, 11) is 0. The van der Waals surface area contributed by atoms with Crippen molar-refractivity contribution in [2.45, 2.75) is 156 Å². The maximum Gasteiger partial charge on any atom is 0.251 e. The highest BCUT2D eigenvalue weighted by Crippen LogP contribution is 2.10. The van der Waals surface area contributed by atoms with Crippen LogP contribution in [0.1, 0.15) is 156 Å². The van der Waals surface area contributed by atoms with Crippen LogP contribution in [0.2, 0.25) is 0 Å². The summed E-state index contributed by atoms with van der Waals surface area (Å²) >= 11 is 7.74. The molecule has 196 valence electrons. The van der Waals surface area contributed by atoms with E-state index in [4.69, 9.17) is 10.2 Å². The molecule has 0 rings (SSSR count). The Balaban J connectivity index is -0.000000184. The number of thiocarbonyl (C=S) groups is 2. The number of hydrogen-bond donors (Lipinski definition) is 4. The number of aliphatic hydroxyl groups excluding tert-OH is 2. The molecule has 0 saturated carbocycles. The second-order valence-electron chi connectivity index (χ2n) is 8.33. The van der Waals surface area contributed by atoms with Gasteiger partial charge in [0.15, 0.2) is 0 Å². The van der Waals surface area contributed by atoms with E-state index in [1.54, 1.807) is 0 Å². The first-order chi connectivity index (χ1) is 15.3. The molecule has 0 aromatic carbocycles. The Morgan fingerprint density at radius 2 is 0.500 bits per heavy atom. The van der Waals surface area contributed by atoms with E-state index in [9.17, 15) is 0 Å². The van der Waals surface area contributed by atoms with Gasteiger partial charge in [0.1, 0.15) is 0 Å². The Morgan fingerprint density at radius 3 is 0.594 bits per heavy atom. The Kier molecular flexibility index (Phi) is 49.1. The van der Waals surface area contributed by atoms with Gasteiger partial charge < -0.3 is 21.7 Å². The number of rotatable bonds is 18. The molecular formula is C26H58N2O2S2. The first kappa shape index (κ1) is 38.6. The van der Waals surface area contributed by atoms with Gasteiger partial charge in [-0.1, -0.05) is 156 Å². The number of unbranched alkanes of at least 4 members (excludes halogenated alkanes) is 18. The SMILES string of the molecule is CCCCCCCCCCCC.CCCCCCCCCCCC.NC(O)=S.NC(O)=S. The lowest BCUT2D eigenvalue weighted by atomic mass is 10.1. The monoisotopic (exact) mass is 494 g/mol. The summed E-state index contributed by atoms with van der Waals surface area (Å²) in [5.74, 6) is 0. The molecule has 0 atom stereocenters. The molecule has 0 aromatic rings. The van der Waals surface area contributed by atoms with Gasteiger partial charge in [-0.3, -0.25) is 0 Å². The third kappa shape index (κ3) is 78.3. The maximum absolute atomic E-state index is 7.56. The molecule has 0 saturated heterocycles. The third-order valence-electron chi connectivity index (χ3n) is 4.91. The van der Waals surface area contributed by atoms with Crippen LogP contribution < -0.4 is 11.5 Å². The van der Waals surface area contributed by atoms with Crippen molar-refractivity contribution in [1.29, 1.82) is 0 Å². The zero-order chi connectivity index (χ0) is 25.3. The van der Waals surface area contributed by atoms with Gasteiger partial charge in [0.25, 0.3) is 10.3 Å². The third-order valence-corrected chi connectivity index (χ3v) is 4.91. The lowest BCUT2D eigenvalue weighted by Gasteiger charge is -1.99. The fourth-order valence-corrected chi connectivity index (χ4v) is 3.12. The molecule has 0 aromatic heterocycles. The van der Waals surface area contributed by atoms with E-state index in [0.717, 1.165) is 0 Å². The maximum atomic E-state index is 7.56. The lowest BCUT2D eigenvalue weighted by molar-refractivity contribution is 0.559. The molecule has 0 bridgehead atoms. The zero-order valence-electron chi connectivity index (χ0n) is 22.0. The summed E-state index contributed by atoms with van der Waals surface area (Å²) in [5, 5.41) is 14.1. The minimum absolute atomic E-state index is 0.500. The van der Waals surface area contributed by atoms with Crippen LogP contribution in [0.3, 0.4) is 0 Å². The second-order valence-corrected chi connectivity index (χ2v) is 9.17. The van der Waals surface area contributed by atoms with Gasteiger partial charge in [0.2, 0.25) is 0 Å². The summed E-state index contributed by atoms with van der Waals surface area (Å²) in [6.45, 7) is 9.12. The van der Waals surface area contributed by atoms with Crippen molar-refractivity contribution >= 4 is 34.8 Å². The van der Waals surface area contributed by atoms with Crippen LogP contribution in [0.5, 0.6) is 0 Å². The highest BCUT2D eigenvalue weighted by Gasteiger charge is 1.91.